The molecule has 7 heteroatoms. The number of benzene rings is 3. The first kappa shape index (κ1) is 26.7. The summed E-state index contributed by atoms with van der Waals surface area (Å²) < 4.78 is 43.9. The predicted octanol–water partition coefficient (Wildman–Crippen LogP) is 6.91. The van der Waals surface area contributed by atoms with Crippen LogP contribution in [0.3, 0.4) is 0 Å². The zero-order valence-corrected chi connectivity index (χ0v) is 21.7. The highest BCUT2D eigenvalue weighted by Crippen LogP contribution is 2.33. The van der Waals surface area contributed by atoms with Gasteiger partial charge in [-0.15, -0.1) is 0 Å². The summed E-state index contributed by atoms with van der Waals surface area (Å²) in [5, 5.41) is 0. The van der Waals surface area contributed by atoms with E-state index in [1.807, 2.05) is 12.1 Å². The fraction of sp³-hybridized carbons (Fsp3) is 0.367. The number of alkyl halides is 3. The maximum absolute atomic E-state index is 13.0. The van der Waals surface area contributed by atoms with Gasteiger partial charge in [-0.1, -0.05) is 24.3 Å². The molecule has 3 aromatic rings. The van der Waals surface area contributed by atoms with Crippen molar-refractivity contribution in [2.24, 2.45) is 0 Å². The summed E-state index contributed by atoms with van der Waals surface area (Å²) in [4.78, 5) is 17.1. The Labute approximate surface area is 216 Å². The van der Waals surface area contributed by atoms with Gasteiger partial charge in [-0.2, -0.15) is 13.2 Å². The van der Waals surface area contributed by atoms with Crippen LogP contribution in [0.4, 0.5) is 13.2 Å². The van der Waals surface area contributed by atoms with Crippen molar-refractivity contribution < 1.29 is 22.7 Å². The van der Waals surface area contributed by atoms with E-state index in [2.05, 4.69) is 49.9 Å². The number of rotatable bonds is 5. The van der Waals surface area contributed by atoms with Gasteiger partial charge in [0.25, 0.3) is 5.91 Å². The third-order valence-electron chi connectivity index (χ3n) is 7.50. The summed E-state index contributed by atoms with van der Waals surface area (Å²) in [5.41, 5.74) is 5.63. The molecule has 0 N–H and O–H groups in total. The third kappa shape index (κ3) is 5.82. The van der Waals surface area contributed by atoms with Crippen molar-refractivity contribution in [1.29, 1.82) is 0 Å². The molecule has 1 saturated heterocycles. The van der Waals surface area contributed by atoms with E-state index in [9.17, 15) is 18.0 Å². The lowest BCUT2D eigenvalue weighted by Gasteiger charge is -2.30. The van der Waals surface area contributed by atoms with Crippen molar-refractivity contribution in [2.75, 3.05) is 33.3 Å². The van der Waals surface area contributed by atoms with Gasteiger partial charge >= 0.3 is 6.18 Å². The van der Waals surface area contributed by atoms with Crippen molar-refractivity contribution in [3.05, 3.63) is 88.5 Å². The quantitative estimate of drug-likeness (QED) is 0.374. The molecule has 1 heterocycles. The molecule has 4 rings (SSSR count). The van der Waals surface area contributed by atoms with Crippen LogP contribution in [0, 0.1) is 13.8 Å². The van der Waals surface area contributed by atoms with E-state index in [1.54, 1.807) is 12.0 Å². The minimum absolute atomic E-state index is 0.171. The number of halogens is 3. The van der Waals surface area contributed by atoms with Gasteiger partial charge in [0.05, 0.1) is 12.7 Å². The van der Waals surface area contributed by atoms with Crippen LogP contribution in [0.2, 0.25) is 0 Å². The number of carbonyl (C=O) groups is 1. The fourth-order valence-electron chi connectivity index (χ4n) is 5.09. The van der Waals surface area contributed by atoms with E-state index in [4.69, 9.17) is 4.74 Å². The molecule has 1 aliphatic heterocycles. The number of amides is 1. The van der Waals surface area contributed by atoms with Crippen LogP contribution in [0.25, 0.3) is 11.1 Å². The van der Waals surface area contributed by atoms with E-state index >= 15 is 0 Å². The van der Waals surface area contributed by atoms with E-state index < -0.39 is 11.7 Å². The van der Waals surface area contributed by atoms with Gasteiger partial charge in [0.15, 0.2) is 0 Å². The normalized spacial score (nSPS) is 15.8. The molecule has 1 fully saturated rings. The Bertz CT molecular complexity index is 1240. The van der Waals surface area contributed by atoms with Gasteiger partial charge in [0, 0.05) is 37.8 Å². The average molecular weight is 511 g/mol. The molecular weight excluding hydrogens is 477 g/mol. The third-order valence-corrected chi connectivity index (χ3v) is 7.50. The first-order valence-electron chi connectivity index (χ1n) is 12.5. The van der Waals surface area contributed by atoms with E-state index in [-0.39, 0.29) is 17.5 Å². The monoisotopic (exact) mass is 510 g/mol. The topological polar surface area (TPSA) is 32.8 Å². The smallest absolute Gasteiger partial charge is 0.416 e. The van der Waals surface area contributed by atoms with Crippen LogP contribution in [0.1, 0.15) is 52.0 Å². The molecule has 0 saturated carbocycles. The van der Waals surface area contributed by atoms with Crippen molar-refractivity contribution >= 4 is 5.91 Å². The lowest BCUT2D eigenvalue weighted by atomic mass is 9.90. The summed E-state index contributed by atoms with van der Waals surface area (Å²) in [6.45, 7) is 9.17. The van der Waals surface area contributed by atoms with Gasteiger partial charge in [0.1, 0.15) is 5.75 Å². The van der Waals surface area contributed by atoms with Gasteiger partial charge in [-0.3, -0.25) is 9.69 Å². The predicted molar refractivity (Wildman–Crippen MR) is 140 cm³/mol. The van der Waals surface area contributed by atoms with Crippen LogP contribution >= 0.6 is 0 Å². The highest BCUT2D eigenvalue weighted by atomic mass is 19.4. The molecule has 1 atom stereocenters. The van der Waals surface area contributed by atoms with Crippen LogP contribution in [-0.2, 0) is 6.18 Å². The van der Waals surface area contributed by atoms with Gasteiger partial charge < -0.3 is 9.64 Å². The molecule has 1 aliphatic rings. The zero-order chi connectivity index (χ0) is 26.7. The Kier molecular flexibility index (Phi) is 7.93. The molecule has 0 spiro atoms. The number of methoxy groups -OCH3 is 1. The first-order chi connectivity index (χ1) is 17.6. The maximum Gasteiger partial charge on any atom is 0.416 e. The van der Waals surface area contributed by atoms with Gasteiger partial charge in [-0.25, -0.2) is 0 Å². The summed E-state index contributed by atoms with van der Waals surface area (Å²) in [6, 6.07) is 17.1. The lowest BCUT2D eigenvalue weighted by molar-refractivity contribution is -0.137. The van der Waals surface area contributed by atoms with Crippen LogP contribution < -0.4 is 4.74 Å². The molecule has 1 unspecified atom stereocenters. The summed E-state index contributed by atoms with van der Waals surface area (Å²) in [5.74, 6) is 0.606. The molecule has 0 radical (unpaired) electrons. The molecule has 4 nitrogen and oxygen atoms in total. The Morgan fingerprint density at radius 3 is 2.16 bits per heavy atom. The van der Waals surface area contributed by atoms with E-state index in [0.717, 1.165) is 36.4 Å². The summed E-state index contributed by atoms with van der Waals surface area (Å²) >= 11 is 0. The minimum atomic E-state index is -4.41. The van der Waals surface area contributed by atoms with Gasteiger partial charge in [0.2, 0.25) is 0 Å². The zero-order valence-electron chi connectivity index (χ0n) is 21.7. The second-order valence-electron chi connectivity index (χ2n) is 9.61. The minimum Gasteiger partial charge on any atom is -0.497 e. The summed E-state index contributed by atoms with van der Waals surface area (Å²) in [7, 11) is 1.66. The largest absolute Gasteiger partial charge is 0.497 e. The lowest BCUT2D eigenvalue weighted by Crippen LogP contribution is -2.36. The number of nitrogens with zero attached hydrogens (tertiary/aromatic N) is 2. The van der Waals surface area contributed by atoms with Crippen molar-refractivity contribution in [3.63, 3.8) is 0 Å². The number of ether oxygens (including phenoxy) is 1. The Morgan fingerprint density at radius 2 is 1.54 bits per heavy atom. The summed E-state index contributed by atoms with van der Waals surface area (Å²) in [6.07, 6.45) is -3.61. The molecule has 0 bridgehead atoms. The van der Waals surface area contributed by atoms with Crippen LogP contribution in [0.15, 0.2) is 60.7 Å². The molecule has 0 aromatic heterocycles. The Balaban J connectivity index is 1.45. The second-order valence-corrected chi connectivity index (χ2v) is 9.61. The molecule has 196 valence electrons. The van der Waals surface area contributed by atoms with Crippen LogP contribution in [-0.4, -0.2) is 49.0 Å². The van der Waals surface area contributed by atoms with Crippen LogP contribution in [0.5, 0.6) is 5.75 Å². The molecule has 0 aliphatic carbocycles. The van der Waals surface area contributed by atoms with Crippen molar-refractivity contribution in [1.82, 2.24) is 9.80 Å². The first-order valence-corrected chi connectivity index (χ1v) is 12.5. The number of carbonyl (C=O) groups excluding carboxylic acids is 1. The SMILES string of the molecule is COc1ccc(-c2ccc(C(C)N3CCCN(C(=O)c4ccc(C(F)(F)F)cc4)CC3)c(C)c2C)cc1. The average Bonchev–Trinajstić information content (AvgIpc) is 3.15. The van der Waals surface area contributed by atoms with E-state index in [0.29, 0.717) is 19.6 Å². The Morgan fingerprint density at radius 1 is 0.865 bits per heavy atom. The molecule has 3 aromatic carbocycles. The fourth-order valence-corrected chi connectivity index (χ4v) is 5.09. The van der Waals surface area contributed by atoms with Crippen molar-refractivity contribution in [3.8, 4) is 16.9 Å². The van der Waals surface area contributed by atoms with Crippen molar-refractivity contribution in [2.45, 2.75) is 39.4 Å². The molecule has 37 heavy (non-hydrogen) atoms. The second kappa shape index (κ2) is 11.0. The van der Waals surface area contributed by atoms with E-state index in [1.165, 1.54) is 34.4 Å². The Hall–Kier alpha value is -3.32. The number of hydrogen-bond donors (Lipinski definition) is 0. The van der Waals surface area contributed by atoms with Gasteiger partial charge in [-0.05, 0) is 91.4 Å². The highest BCUT2D eigenvalue weighted by Gasteiger charge is 2.31. The number of hydrogen-bond acceptors (Lipinski definition) is 3. The maximum atomic E-state index is 13.0. The standard InChI is InChI=1S/C30H33F3N2O2/c1-20-21(2)28(23-8-12-26(37-4)13-9-23)15-14-27(20)22(3)34-16-5-17-35(19-18-34)29(36)24-6-10-25(11-7-24)30(31,32)33/h6-15,22H,5,16-19H2,1-4H3. The highest BCUT2D eigenvalue weighted by molar-refractivity contribution is 5.94. The molecule has 1 amide bonds. The molecular formula is C30H33F3N2O2.